The van der Waals surface area contributed by atoms with E-state index in [2.05, 4.69) is 23.0 Å². The van der Waals surface area contributed by atoms with Gasteiger partial charge in [-0.1, -0.05) is 62.4 Å². The van der Waals surface area contributed by atoms with Gasteiger partial charge in [0.2, 0.25) is 0 Å². The first-order valence-corrected chi connectivity index (χ1v) is 11.5. The van der Waals surface area contributed by atoms with Crippen LogP contribution in [-0.4, -0.2) is 17.5 Å². The molecule has 0 saturated heterocycles. The first kappa shape index (κ1) is 28.4. The van der Waals surface area contributed by atoms with Crippen molar-refractivity contribution >= 4 is 11.9 Å². The molecule has 2 aromatic carbocycles. The van der Waals surface area contributed by atoms with Crippen LogP contribution in [0.3, 0.4) is 0 Å². The van der Waals surface area contributed by atoms with Gasteiger partial charge in [0.15, 0.2) is 11.5 Å². The number of aliphatic imine (C=N–C) groups is 1. The summed E-state index contributed by atoms with van der Waals surface area (Å²) in [7, 11) is 0. The number of hydrogen-bond donors (Lipinski definition) is 2. The molecule has 0 fully saturated rings. The van der Waals surface area contributed by atoms with Gasteiger partial charge in [-0.2, -0.15) is 0 Å². The van der Waals surface area contributed by atoms with Crippen molar-refractivity contribution in [2.75, 3.05) is 6.61 Å². The average molecular weight is 465 g/mol. The van der Waals surface area contributed by atoms with Gasteiger partial charge in [-0.05, 0) is 80.4 Å². The Hall–Kier alpha value is -3.60. The number of ether oxygens (including phenoxy) is 1. The van der Waals surface area contributed by atoms with Crippen LogP contribution in [0.4, 0.5) is 4.39 Å². The van der Waals surface area contributed by atoms with E-state index in [0.29, 0.717) is 24.7 Å². The van der Waals surface area contributed by atoms with Gasteiger partial charge in [0.05, 0.1) is 13.2 Å². The summed E-state index contributed by atoms with van der Waals surface area (Å²) in [6.45, 7) is 16.5. The Kier molecular flexibility index (Phi) is 12.8. The van der Waals surface area contributed by atoms with Crippen molar-refractivity contribution in [1.29, 1.82) is 0 Å². The normalized spacial score (nSPS) is 12.6. The highest BCUT2D eigenvalue weighted by atomic mass is 19.1. The summed E-state index contributed by atoms with van der Waals surface area (Å²) in [6, 6.07) is 11.7. The van der Waals surface area contributed by atoms with Gasteiger partial charge in [0.1, 0.15) is 11.7 Å². The third-order valence-electron chi connectivity index (χ3n) is 4.78. The topological polar surface area (TPSA) is 53.9 Å². The Morgan fingerprint density at radius 3 is 2.38 bits per heavy atom. The number of nitrogens with one attached hydrogen (secondary N) is 1. The summed E-state index contributed by atoms with van der Waals surface area (Å²) >= 11 is 0. The molecule has 0 aliphatic rings. The maximum atomic E-state index is 13.0. The van der Waals surface area contributed by atoms with Crippen molar-refractivity contribution in [1.82, 2.24) is 5.32 Å². The molecule has 0 aliphatic carbocycles. The molecule has 2 N–H and O–H groups in total. The molecule has 182 valence electrons. The van der Waals surface area contributed by atoms with Crippen molar-refractivity contribution < 1.29 is 14.2 Å². The fraction of sp³-hybridized carbons (Fsp3) is 0.276. The average Bonchev–Trinajstić information content (AvgIpc) is 2.84. The molecule has 0 atom stereocenters. The van der Waals surface area contributed by atoms with E-state index < -0.39 is 0 Å². The minimum atomic E-state index is -0.245. The molecule has 0 unspecified atom stereocenters. The Labute approximate surface area is 203 Å². The SMILES string of the molecule is C=CNC(=NCc1ccc(OCC)c(O)c1)/C(C)=C(C)/C=C(C)/C=C/c1ccc(F)cc1.CC. The van der Waals surface area contributed by atoms with Crippen LogP contribution in [0, 0.1) is 5.82 Å². The molecule has 0 amide bonds. The van der Waals surface area contributed by atoms with E-state index in [1.807, 2.05) is 59.8 Å². The number of halogens is 1. The number of aromatic hydroxyl groups is 1. The largest absolute Gasteiger partial charge is 0.504 e. The first-order valence-electron chi connectivity index (χ1n) is 11.5. The number of allylic oxidation sites excluding steroid dienone is 4. The second-order valence-corrected chi connectivity index (χ2v) is 7.33. The number of hydrogen-bond acceptors (Lipinski definition) is 3. The number of amidine groups is 1. The van der Waals surface area contributed by atoms with Crippen LogP contribution in [0.15, 0.2) is 89.1 Å². The van der Waals surface area contributed by atoms with Crippen molar-refractivity contribution in [3.8, 4) is 11.5 Å². The molecule has 0 aromatic heterocycles. The lowest BCUT2D eigenvalue weighted by Crippen LogP contribution is -2.19. The summed E-state index contributed by atoms with van der Waals surface area (Å²) in [6.07, 6.45) is 7.60. The third kappa shape index (κ3) is 9.49. The monoisotopic (exact) mass is 464 g/mol. The number of nitrogens with zero attached hydrogens (tertiary/aromatic N) is 1. The van der Waals surface area contributed by atoms with Crippen LogP contribution in [0.5, 0.6) is 11.5 Å². The van der Waals surface area contributed by atoms with Crippen molar-refractivity contribution in [3.63, 3.8) is 0 Å². The van der Waals surface area contributed by atoms with E-state index in [-0.39, 0.29) is 11.6 Å². The van der Waals surface area contributed by atoms with E-state index in [1.165, 1.54) is 12.1 Å². The van der Waals surface area contributed by atoms with E-state index in [1.54, 1.807) is 30.5 Å². The van der Waals surface area contributed by atoms with Gasteiger partial charge in [0, 0.05) is 0 Å². The lowest BCUT2D eigenvalue weighted by atomic mass is 10.1. The van der Waals surface area contributed by atoms with Crippen molar-refractivity contribution in [2.45, 2.75) is 48.1 Å². The molecule has 0 spiro atoms. The summed E-state index contributed by atoms with van der Waals surface area (Å²) in [4.78, 5) is 4.67. The highest BCUT2D eigenvalue weighted by molar-refractivity contribution is 5.99. The van der Waals surface area contributed by atoms with E-state index in [9.17, 15) is 9.50 Å². The van der Waals surface area contributed by atoms with E-state index >= 15 is 0 Å². The van der Waals surface area contributed by atoms with Crippen LogP contribution in [-0.2, 0) is 6.54 Å². The Morgan fingerprint density at radius 2 is 1.79 bits per heavy atom. The molecule has 2 rings (SSSR count). The zero-order valence-corrected chi connectivity index (χ0v) is 21.2. The minimum Gasteiger partial charge on any atom is -0.504 e. The van der Waals surface area contributed by atoms with Gasteiger partial charge >= 0.3 is 0 Å². The zero-order chi connectivity index (χ0) is 25.5. The van der Waals surface area contributed by atoms with Gasteiger partial charge in [-0.25, -0.2) is 4.39 Å². The molecule has 0 radical (unpaired) electrons. The molecular weight excluding hydrogens is 427 g/mol. The predicted octanol–water partition coefficient (Wildman–Crippen LogP) is 7.58. The fourth-order valence-corrected chi connectivity index (χ4v) is 2.96. The molecule has 0 aliphatic heterocycles. The molecule has 0 bridgehead atoms. The second-order valence-electron chi connectivity index (χ2n) is 7.33. The molecule has 0 saturated carbocycles. The standard InChI is InChI=1S/C27H31FN2O2.C2H6/c1-6-29-27(30-18-23-12-15-26(32-7-2)25(31)17-23)21(5)20(4)16-19(3)8-9-22-10-13-24(28)14-11-22;1-2/h6,8-17,31H,1,7,18H2,2-5H3,(H,29,30);1-2H3/b9-8+,19-16+,21-20+;. The summed E-state index contributed by atoms with van der Waals surface area (Å²) in [5.41, 5.74) is 4.89. The number of phenols is 1. The maximum absolute atomic E-state index is 13.0. The highest BCUT2D eigenvalue weighted by Crippen LogP contribution is 2.27. The van der Waals surface area contributed by atoms with Gasteiger partial charge < -0.3 is 15.2 Å². The Morgan fingerprint density at radius 1 is 1.12 bits per heavy atom. The zero-order valence-electron chi connectivity index (χ0n) is 21.2. The van der Waals surface area contributed by atoms with E-state index in [0.717, 1.165) is 27.8 Å². The predicted molar refractivity (Wildman–Crippen MR) is 143 cm³/mol. The minimum absolute atomic E-state index is 0.104. The maximum Gasteiger partial charge on any atom is 0.160 e. The third-order valence-corrected chi connectivity index (χ3v) is 4.78. The smallest absolute Gasteiger partial charge is 0.160 e. The van der Waals surface area contributed by atoms with Gasteiger partial charge in [-0.3, -0.25) is 4.99 Å². The van der Waals surface area contributed by atoms with Crippen molar-refractivity contribution in [2.24, 2.45) is 4.99 Å². The summed E-state index contributed by atoms with van der Waals surface area (Å²) < 4.78 is 18.4. The quantitative estimate of drug-likeness (QED) is 0.228. The fourth-order valence-electron chi connectivity index (χ4n) is 2.96. The number of rotatable bonds is 9. The van der Waals surface area contributed by atoms with Crippen LogP contribution in [0.1, 0.15) is 52.7 Å². The van der Waals surface area contributed by atoms with Crippen LogP contribution < -0.4 is 10.1 Å². The van der Waals surface area contributed by atoms with Crippen LogP contribution >= 0.6 is 0 Å². The van der Waals surface area contributed by atoms with Crippen molar-refractivity contribution in [3.05, 3.63) is 101 Å². The molecular formula is C29H37FN2O2. The molecule has 0 heterocycles. The lowest BCUT2D eigenvalue weighted by molar-refractivity contribution is 0.318. The van der Waals surface area contributed by atoms with Gasteiger partial charge in [-0.15, -0.1) is 0 Å². The first-order chi connectivity index (χ1) is 16.3. The van der Waals surface area contributed by atoms with E-state index in [4.69, 9.17) is 4.74 Å². The molecule has 4 nitrogen and oxygen atoms in total. The molecule has 2 aromatic rings. The Balaban J connectivity index is 0.00000281. The van der Waals surface area contributed by atoms with Crippen LogP contribution in [0.25, 0.3) is 6.08 Å². The summed E-state index contributed by atoms with van der Waals surface area (Å²) in [5.74, 6) is 1.03. The number of phenolic OH excluding ortho intramolecular Hbond substituents is 1. The lowest BCUT2D eigenvalue weighted by Gasteiger charge is -2.11. The van der Waals surface area contributed by atoms with Crippen LogP contribution in [0.2, 0.25) is 0 Å². The molecule has 5 heteroatoms. The molecule has 34 heavy (non-hydrogen) atoms. The second kappa shape index (κ2) is 15.3. The summed E-state index contributed by atoms with van der Waals surface area (Å²) in [5, 5.41) is 13.2. The Bertz CT molecular complexity index is 1050. The number of benzene rings is 2. The van der Waals surface area contributed by atoms with Gasteiger partial charge in [0.25, 0.3) is 0 Å². The highest BCUT2D eigenvalue weighted by Gasteiger charge is 2.06.